The van der Waals surface area contributed by atoms with Crippen LogP contribution < -0.4 is 4.90 Å². The topological polar surface area (TPSA) is 6.48 Å². The van der Waals surface area contributed by atoms with Crippen molar-refractivity contribution in [3.63, 3.8) is 0 Å². The highest BCUT2D eigenvalue weighted by Gasteiger charge is 2.16. The molecular weight excluding hydrogens is 227 g/mol. The zero-order chi connectivity index (χ0) is 11.5. The predicted octanol–water partition coefficient (Wildman–Crippen LogP) is 2.62. The normalized spacial score (nSPS) is 17.8. The lowest BCUT2D eigenvalue weighted by molar-refractivity contribution is 0.271. The van der Waals surface area contributed by atoms with Gasteiger partial charge in [-0.05, 0) is 24.7 Å². The van der Waals surface area contributed by atoms with E-state index >= 15 is 0 Å². The van der Waals surface area contributed by atoms with E-state index in [4.69, 9.17) is 11.6 Å². The van der Waals surface area contributed by atoms with Crippen LogP contribution in [0, 0.1) is 5.82 Å². The first kappa shape index (κ1) is 11.7. The van der Waals surface area contributed by atoms with Crippen LogP contribution in [-0.4, -0.2) is 37.6 Å². The Hall–Kier alpha value is -0.800. The van der Waals surface area contributed by atoms with Gasteiger partial charge in [-0.15, -0.1) is 0 Å². The number of benzene rings is 1. The molecule has 16 heavy (non-hydrogen) atoms. The van der Waals surface area contributed by atoms with Crippen molar-refractivity contribution in [2.24, 2.45) is 0 Å². The minimum Gasteiger partial charge on any atom is -0.369 e. The quantitative estimate of drug-likeness (QED) is 0.787. The number of anilines is 1. The lowest BCUT2D eigenvalue weighted by Crippen LogP contribution is -2.46. The zero-order valence-corrected chi connectivity index (χ0v) is 10.2. The van der Waals surface area contributed by atoms with Crippen molar-refractivity contribution in [3.8, 4) is 0 Å². The molecule has 0 unspecified atom stereocenters. The standard InChI is InChI=1S/C12H16ClFN2/c1-2-15-5-7-16(8-6-15)10-3-4-12(14)11(13)9-10/h3-4,9H,2,5-8H2,1H3. The third-order valence-corrected chi connectivity index (χ3v) is 3.38. The van der Waals surface area contributed by atoms with Crippen molar-refractivity contribution in [2.45, 2.75) is 6.92 Å². The fourth-order valence-electron chi connectivity index (χ4n) is 2.00. The lowest BCUT2D eigenvalue weighted by Gasteiger charge is -2.35. The molecule has 1 aromatic carbocycles. The molecule has 4 heteroatoms. The first-order chi connectivity index (χ1) is 7.70. The van der Waals surface area contributed by atoms with E-state index in [2.05, 4.69) is 16.7 Å². The van der Waals surface area contributed by atoms with Gasteiger partial charge in [0.25, 0.3) is 0 Å². The monoisotopic (exact) mass is 242 g/mol. The summed E-state index contributed by atoms with van der Waals surface area (Å²) in [5.41, 5.74) is 1.02. The van der Waals surface area contributed by atoms with Gasteiger partial charge in [0.1, 0.15) is 5.82 Å². The number of hydrogen-bond donors (Lipinski definition) is 0. The molecule has 0 spiro atoms. The highest BCUT2D eigenvalue weighted by Crippen LogP contribution is 2.23. The van der Waals surface area contributed by atoms with Gasteiger partial charge in [-0.2, -0.15) is 0 Å². The molecule has 0 aliphatic carbocycles. The third-order valence-electron chi connectivity index (χ3n) is 3.09. The van der Waals surface area contributed by atoms with Gasteiger partial charge in [-0.25, -0.2) is 4.39 Å². The van der Waals surface area contributed by atoms with Crippen LogP contribution in [0.4, 0.5) is 10.1 Å². The van der Waals surface area contributed by atoms with E-state index in [1.807, 2.05) is 0 Å². The molecule has 1 saturated heterocycles. The van der Waals surface area contributed by atoms with Crippen LogP contribution in [0.15, 0.2) is 18.2 Å². The highest BCUT2D eigenvalue weighted by atomic mass is 35.5. The molecule has 1 aromatic rings. The van der Waals surface area contributed by atoms with Crippen LogP contribution >= 0.6 is 11.6 Å². The first-order valence-electron chi connectivity index (χ1n) is 5.63. The summed E-state index contributed by atoms with van der Waals surface area (Å²) in [5.74, 6) is -0.349. The average molecular weight is 243 g/mol. The molecule has 88 valence electrons. The Balaban J connectivity index is 2.05. The van der Waals surface area contributed by atoms with E-state index in [0.29, 0.717) is 0 Å². The van der Waals surface area contributed by atoms with Crippen LogP contribution in [0.2, 0.25) is 5.02 Å². The number of hydrogen-bond acceptors (Lipinski definition) is 2. The molecule has 0 saturated carbocycles. The second-order valence-electron chi connectivity index (χ2n) is 4.02. The second kappa shape index (κ2) is 5.02. The second-order valence-corrected chi connectivity index (χ2v) is 4.43. The number of likely N-dealkylation sites (N-methyl/N-ethyl adjacent to an activating group) is 1. The van der Waals surface area contributed by atoms with E-state index in [1.54, 1.807) is 12.1 Å². The number of piperazine rings is 1. The maximum absolute atomic E-state index is 13.0. The van der Waals surface area contributed by atoms with E-state index in [0.717, 1.165) is 38.4 Å². The van der Waals surface area contributed by atoms with Crippen molar-refractivity contribution >= 4 is 17.3 Å². The first-order valence-corrected chi connectivity index (χ1v) is 6.01. The van der Waals surface area contributed by atoms with Crippen molar-refractivity contribution in [1.29, 1.82) is 0 Å². The van der Waals surface area contributed by atoms with Crippen molar-refractivity contribution < 1.29 is 4.39 Å². The summed E-state index contributed by atoms with van der Waals surface area (Å²) in [5, 5.41) is 0.204. The van der Waals surface area contributed by atoms with Gasteiger partial charge in [0.2, 0.25) is 0 Å². The van der Waals surface area contributed by atoms with Gasteiger partial charge in [0, 0.05) is 31.9 Å². The molecule has 0 atom stereocenters. The molecule has 0 bridgehead atoms. The van der Waals surface area contributed by atoms with Crippen LogP contribution in [0.3, 0.4) is 0 Å². The van der Waals surface area contributed by atoms with Crippen molar-refractivity contribution in [2.75, 3.05) is 37.6 Å². The summed E-state index contributed by atoms with van der Waals surface area (Å²) in [6.45, 7) is 7.35. The number of rotatable bonds is 2. The third kappa shape index (κ3) is 2.47. The molecule has 0 N–H and O–H groups in total. The van der Waals surface area contributed by atoms with Gasteiger partial charge in [-0.3, -0.25) is 0 Å². The Morgan fingerprint density at radius 2 is 1.94 bits per heavy atom. The van der Waals surface area contributed by atoms with Crippen LogP contribution in [0.5, 0.6) is 0 Å². The van der Waals surface area contributed by atoms with Crippen LogP contribution in [0.25, 0.3) is 0 Å². The Bertz CT molecular complexity index is 362. The minimum atomic E-state index is -0.349. The van der Waals surface area contributed by atoms with Gasteiger partial charge in [-0.1, -0.05) is 18.5 Å². The number of halogens is 2. The summed E-state index contributed by atoms with van der Waals surface area (Å²) in [6, 6.07) is 4.94. The molecule has 0 amide bonds. The number of nitrogens with zero attached hydrogens (tertiary/aromatic N) is 2. The van der Waals surface area contributed by atoms with Crippen LogP contribution in [-0.2, 0) is 0 Å². The van der Waals surface area contributed by atoms with Gasteiger partial charge in [0.05, 0.1) is 5.02 Å². The van der Waals surface area contributed by atoms with E-state index in [9.17, 15) is 4.39 Å². The molecule has 1 fully saturated rings. The maximum Gasteiger partial charge on any atom is 0.141 e. The van der Waals surface area contributed by atoms with E-state index < -0.39 is 0 Å². The summed E-state index contributed by atoms with van der Waals surface area (Å²) >= 11 is 5.78. The lowest BCUT2D eigenvalue weighted by atomic mass is 10.2. The Kier molecular flexibility index (Phi) is 3.66. The smallest absolute Gasteiger partial charge is 0.141 e. The van der Waals surface area contributed by atoms with Crippen LogP contribution in [0.1, 0.15) is 6.92 Å². The van der Waals surface area contributed by atoms with E-state index in [1.165, 1.54) is 6.07 Å². The van der Waals surface area contributed by atoms with E-state index in [-0.39, 0.29) is 10.8 Å². The molecular formula is C12H16ClFN2. The molecule has 2 rings (SSSR count). The fraction of sp³-hybridized carbons (Fsp3) is 0.500. The molecule has 1 heterocycles. The summed E-state index contributed by atoms with van der Waals surface area (Å²) < 4.78 is 13.0. The average Bonchev–Trinajstić information content (AvgIpc) is 2.33. The Morgan fingerprint density at radius 3 is 2.50 bits per heavy atom. The Labute approximate surface area is 101 Å². The minimum absolute atomic E-state index is 0.204. The fourth-order valence-corrected chi connectivity index (χ4v) is 2.18. The summed E-state index contributed by atoms with van der Waals surface area (Å²) in [4.78, 5) is 4.65. The summed E-state index contributed by atoms with van der Waals surface area (Å²) in [7, 11) is 0. The van der Waals surface area contributed by atoms with Gasteiger partial charge < -0.3 is 9.80 Å². The molecule has 2 nitrogen and oxygen atoms in total. The predicted molar refractivity (Wildman–Crippen MR) is 65.7 cm³/mol. The molecule has 1 aliphatic heterocycles. The highest BCUT2D eigenvalue weighted by molar-refractivity contribution is 6.31. The van der Waals surface area contributed by atoms with Gasteiger partial charge >= 0.3 is 0 Å². The largest absolute Gasteiger partial charge is 0.369 e. The molecule has 0 aromatic heterocycles. The SMILES string of the molecule is CCN1CCN(c2ccc(F)c(Cl)c2)CC1. The zero-order valence-electron chi connectivity index (χ0n) is 9.42. The maximum atomic E-state index is 13.0. The molecule has 0 radical (unpaired) electrons. The molecule has 1 aliphatic rings. The summed E-state index contributed by atoms with van der Waals surface area (Å²) in [6.07, 6.45) is 0. The van der Waals surface area contributed by atoms with Crippen molar-refractivity contribution in [3.05, 3.63) is 29.0 Å². The van der Waals surface area contributed by atoms with Gasteiger partial charge in [0.15, 0.2) is 0 Å². The van der Waals surface area contributed by atoms with Crippen molar-refractivity contribution in [1.82, 2.24) is 4.90 Å². The Morgan fingerprint density at radius 1 is 1.25 bits per heavy atom.